The zero-order valence-corrected chi connectivity index (χ0v) is 12.8. The minimum Gasteiger partial charge on any atom is -0.481 e. The zero-order chi connectivity index (χ0) is 19.7. The van der Waals surface area contributed by atoms with E-state index < -0.39 is 55.2 Å². The second-order valence-corrected chi connectivity index (χ2v) is 5.50. The van der Waals surface area contributed by atoms with E-state index in [1.807, 2.05) is 0 Å². The van der Waals surface area contributed by atoms with Crippen LogP contribution < -0.4 is 10.1 Å². The summed E-state index contributed by atoms with van der Waals surface area (Å²) in [6.07, 6.45) is -9.67. The van der Waals surface area contributed by atoms with Crippen molar-refractivity contribution in [3.63, 3.8) is 0 Å². The first-order chi connectivity index (χ1) is 11.9. The Hall–Kier alpha value is -2.66. The van der Waals surface area contributed by atoms with Gasteiger partial charge in [-0.2, -0.15) is 13.2 Å². The summed E-state index contributed by atoms with van der Waals surface area (Å²) in [6, 6.07) is 2.94. The molecular formula is C14H12F6N2O4. The van der Waals surface area contributed by atoms with Crippen LogP contribution >= 0.6 is 0 Å². The van der Waals surface area contributed by atoms with Crippen LogP contribution in [0.25, 0.3) is 0 Å². The van der Waals surface area contributed by atoms with E-state index in [1.54, 1.807) is 0 Å². The third kappa shape index (κ3) is 4.92. The number of alkyl halides is 6. The second-order valence-electron chi connectivity index (χ2n) is 5.50. The van der Waals surface area contributed by atoms with E-state index in [4.69, 9.17) is 5.11 Å². The molecule has 1 heterocycles. The van der Waals surface area contributed by atoms with E-state index in [9.17, 15) is 35.9 Å². The van der Waals surface area contributed by atoms with Gasteiger partial charge in [0.2, 0.25) is 0 Å². The number of ether oxygens (including phenoxy) is 1. The number of nitrogens with one attached hydrogen (secondary N) is 1. The van der Waals surface area contributed by atoms with Crippen molar-refractivity contribution >= 4 is 17.7 Å². The third-order valence-electron chi connectivity index (χ3n) is 3.68. The van der Waals surface area contributed by atoms with Crippen molar-refractivity contribution in [2.24, 2.45) is 11.8 Å². The molecule has 1 aromatic carbocycles. The minimum atomic E-state index is -4.89. The average molecular weight is 386 g/mol. The number of amides is 2. The van der Waals surface area contributed by atoms with Gasteiger partial charge >= 0.3 is 24.5 Å². The van der Waals surface area contributed by atoms with Gasteiger partial charge in [-0.15, -0.1) is 13.2 Å². The molecule has 1 aliphatic heterocycles. The molecule has 0 aromatic heterocycles. The maximum Gasteiger partial charge on any atom is 0.573 e. The van der Waals surface area contributed by atoms with E-state index in [2.05, 4.69) is 10.1 Å². The number of anilines is 1. The number of carbonyl (C=O) groups excluding carboxylic acids is 1. The summed E-state index contributed by atoms with van der Waals surface area (Å²) in [5, 5.41) is 11.1. The molecule has 12 heteroatoms. The Kier molecular flexibility index (Phi) is 5.23. The van der Waals surface area contributed by atoms with Gasteiger partial charge in [0.15, 0.2) is 0 Å². The predicted molar refractivity (Wildman–Crippen MR) is 74.4 cm³/mol. The smallest absolute Gasteiger partial charge is 0.481 e. The monoisotopic (exact) mass is 386 g/mol. The summed E-state index contributed by atoms with van der Waals surface area (Å²) in [6.45, 7) is -1.47. The van der Waals surface area contributed by atoms with Gasteiger partial charge in [0, 0.05) is 18.8 Å². The molecule has 1 aliphatic rings. The number of hydrogen-bond acceptors (Lipinski definition) is 3. The molecule has 2 rings (SSSR count). The van der Waals surface area contributed by atoms with E-state index in [0.29, 0.717) is 4.90 Å². The van der Waals surface area contributed by atoms with Crippen LogP contribution in [0.15, 0.2) is 24.3 Å². The number of rotatable bonds is 3. The first-order valence-corrected chi connectivity index (χ1v) is 7.08. The highest BCUT2D eigenvalue weighted by molar-refractivity contribution is 5.90. The number of carbonyl (C=O) groups is 2. The van der Waals surface area contributed by atoms with Gasteiger partial charge in [-0.25, -0.2) is 4.79 Å². The van der Waals surface area contributed by atoms with Crippen LogP contribution in [0.2, 0.25) is 0 Å². The normalized spacial score (nSPS) is 20.8. The molecule has 0 bridgehead atoms. The maximum atomic E-state index is 12.9. The lowest BCUT2D eigenvalue weighted by molar-refractivity contribution is -0.274. The first-order valence-electron chi connectivity index (χ1n) is 7.08. The SMILES string of the molecule is O=C(O)[C@@H]1CN(C(=O)Nc2ccc(OC(F)(F)F)cc2)C[C@H]1C(F)(F)F. The molecule has 2 atom stereocenters. The van der Waals surface area contributed by atoms with Crippen LogP contribution in [-0.2, 0) is 4.79 Å². The molecule has 2 amide bonds. The molecular weight excluding hydrogens is 374 g/mol. The molecule has 0 radical (unpaired) electrons. The fourth-order valence-electron chi connectivity index (χ4n) is 2.49. The molecule has 26 heavy (non-hydrogen) atoms. The fraction of sp³-hybridized carbons (Fsp3) is 0.429. The van der Waals surface area contributed by atoms with Gasteiger partial charge in [0.25, 0.3) is 0 Å². The lowest BCUT2D eigenvalue weighted by Crippen LogP contribution is -2.35. The average Bonchev–Trinajstić information content (AvgIpc) is 2.93. The number of likely N-dealkylation sites (tertiary alicyclic amines) is 1. The molecule has 1 aromatic rings. The number of nitrogens with zero attached hydrogens (tertiary/aromatic N) is 1. The third-order valence-corrected chi connectivity index (χ3v) is 3.68. The number of hydrogen-bond donors (Lipinski definition) is 2. The maximum absolute atomic E-state index is 12.9. The van der Waals surface area contributed by atoms with Crippen molar-refractivity contribution < 1.29 is 45.8 Å². The number of urea groups is 1. The summed E-state index contributed by atoms with van der Waals surface area (Å²) in [7, 11) is 0. The number of carboxylic acid groups (broad SMARTS) is 1. The van der Waals surface area contributed by atoms with Crippen LogP contribution in [0.3, 0.4) is 0 Å². The van der Waals surface area contributed by atoms with E-state index in [-0.39, 0.29) is 5.69 Å². The van der Waals surface area contributed by atoms with Gasteiger partial charge < -0.3 is 20.1 Å². The van der Waals surface area contributed by atoms with Crippen molar-refractivity contribution in [1.29, 1.82) is 0 Å². The van der Waals surface area contributed by atoms with E-state index >= 15 is 0 Å². The molecule has 6 nitrogen and oxygen atoms in total. The van der Waals surface area contributed by atoms with Gasteiger partial charge in [-0.05, 0) is 24.3 Å². The Morgan fingerprint density at radius 3 is 2.08 bits per heavy atom. The Labute approximate surface area is 142 Å². The van der Waals surface area contributed by atoms with E-state index in [0.717, 1.165) is 24.3 Å². The van der Waals surface area contributed by atoms with Crippen LogP contribution in [0.5, 0.6) is 5.75 Å². The van der Waals surface area contributed by atoms with Crippen LogP contribution in [-0.4, -0.2) is 47.6 Å². The lowest BCUT2D eigenvalue weighted by Gasteiger charge is -2.19. The molecule has 0 unspecified atom stereocenters. The Balaban J connectivity index is 2.03. The van der Waals surface area contributed by atoms with Crippen molar-refractivity contribution in [1.82, 2.24) is 4.90 Å². The highest BCUT2D eigenvalue weighted by Gasteiger charge is 2.53. The van der Waals surface area contributed by atoms with E-state index in [1.165, 1.54) is 0 Å². The van der Waals surface area contributed by atoms with Gasteiger partial charge in [-0.3, -0.25) is 4.79 Å². The quantitative estimate of drug-likeness (QED) is 0.782. The van der Waals surface area contributed by atoms with Gasteiger partial charge in [-0.1, -0.05) is 0 Å². The summed E-state index contributed by atoms with van der Waals surface area (Å²) in [4.78, 5) is 23.7. The van der Waals surface area contributed by atoms with Crippen molar-refractivity contribution in [2.45, 2.75) is 12.5 Å². The Bertz CT molecular complexity index is 673. The van der Waals surface area contributed by atoms with Gasteiger partial charge in [0.1, 0.15) is 5.75 Å². The number of carboxylic acids is 1. The molecule has 0 saturated carbocycles. The standard InChI is InChI=1S/C14H12F6N2O4/c15-13(16,17)10-6-22(5-9(10)11(23)24)12(25)21-7-1-3-8(4-2-7)26-14(18,19)20/h1-4,9-10H,5-6H2,(H,21,25)(H,23,24)/t9-,10-/m1/s1. The second kappa shape index (κ2) is 6.92. The van der Waals surface area contributed by atoms with Gasteiger partial charge in [0.05, 0.1) is 11.8 Å². The fourth-order valence-corrected chi connectivity index (χ4v) is 2.49. The summed E-state index contributed by atoms with van der Waals surface area (Å²) >= 11 is 0. The lowest BCUT2D eigenvalue weighted by atomic mass is 9.96. The van der Waals surface area contributed by atoms with Crippen LogP contribution in [0, 0.1) is 11.8 Å². The summed E-state index contributed by atoms with van der Waals surface area (Å²) < 4.78 is 78.5. The molecule has 144 valence electrons. The zero-order valence-electron chi connectivity index (χ0n) is 12.8. The highest BCUT2D eigenvalue weighted by Crippen LogP contribution is 2.38. The van der Waals surface area contributed by atoms with Crippen molar-refractivity contribution in [3.05, 3.63) is 24.3 Å². The number of benzene rings is 1. The summed E-state index contributed by atoms with van der Waals surface area (Å²) in [5.74, 6) is -6.20. The Morgan fingerprint density at radius 1 is 1.08 bits per heavy atom. The van der Waals surface area contributed by atoms with Crippen LogP contribution in [0.1, 0.15) is 0 Å². The predicted octanol–water partition coefficient (Wildman–Crippen LogP) is 3.31. The molecule has 2 N–H and O–H groups in total. The highest BCUT2D eigenvalue weighted by atomic mass is 19.4. The van der Waals surface area contributed by atoms with Crippen LogP contribution in [0.4, 0.5) is 36.8 Å². The topological polar surface area (TPSA) is 78.9 Å². The molecule has 0 spiro atoms. The van der Waals surface area contributed by atoms with Crippen molar-refractivity contribution in [2.75, 3.05) is 18.4 Å². The largest absolute Gasteiger partial charge is 0.573 e. The molecule has 1 saturated heterocycles. The minimum absolute atomic E-state index is 0.00635. The number of halogens is 6. The van der Waals surface area contributed by atoms with Crippen molar-refractivity contribution in [3.8, 4) is 5.75 Å². The summed E-state index contributed by atoms with van der Waals surface area (Å²) in [5.41, 5.74) is 0.00635. The number of aliphatic carboxylic acids is 1. The first kappa shape index (κ1) is 19.7. The molecule has 1 fully saturated rings. The molecule has 0 aliphatic carbocycles. The Morgan fingerprint density at radius 2 is 1.65 bits per heavy atom.